The van der Waals surface area contributed by atoms with Gasteiger partial charge in [0.05, 0.1) is 0 Å². The summed E-state index contributed by atoms with van der Waals surface area (Å²) < 4.78 is 0. The molecule has 1 atom stereocenters. The summed E-state index contributed by atoms with van der Waals surface area (Å²) in [5, 5.41) is 9.74. The third-order valence-electron chi connectivity index (χ3n) is 2.80. The molecule has 2 aromatic carbocycles. The molecule has 0 fully saturated rings. The summed E-state index contributed by atoms with van der Waals surface area (Å²) in [5.41, 5.74) is 7.16. The Labute approximate surface area is 122 Å². The highest BCUT2D eigenvalue weighted by Crippen LogP contribution is 2.33. The van der Waals surface area contributed by atoms with E-state index in [2.05, 4.69) is 0 Å². The number of hydrogen-bond acceptors (Lipinski definition) is 3. The lowest BCUT2D eigenvalue weighted by Crippen LogP contribution is -2.12. The van der Waals surface area contributed by atoms with E-state index in [9.17, 15) is 0 Å². The number of aliphatic hydroxyl groups excluding tert-OH is 1. The van der Waals surface area contributed by atoms with Gasteiger partial charge in [0.1, 0.15) is 0 Å². The zero-order valence-electron chi connectivity index (χ0n) is 10.4. The van der Waals surface area contributed by atoms with Crippen LogP contribution >= 0.6 is 23.4 Å². The van der Waals surface area contributed by atoms with Gasteiger partial charge in [0.15, 0.2) is 0 Å². The molecule has 4 heteroatoms. The van der Waals surface area contributed by atoms with Crippen LogP contribution in [0.15, 0.2) is 58.3 Å². The average molecular weight is 294 g/mol. The van der Waals surface area contributed by atoms with Gasteiger partial charge in [-0.25, -0.2) is 0 Å². The van der Waals surface area contributed by atoms with Gasteiger partial charge in [-0.05, 0) is 42.3 Å². The monoisotopic (exact) mass is 293 g/mol. The van der Waals surface area contributed by atoms with Crippen molar-refractivity contribution in [1.82, 2.24) is 0 Å². The van der Waals surface area contributed by atoms with E-state index in [-0.39, 0.29) is 12.6 Å². The second-order valence-electron chi connectivity index (χ2n) is 4.21. The summed E-state index contributed by atoms with van der Waals surface area (Å²) in [6, 6.07) is 15.6. The van der Waals surface area contributed by atoms with Crippen molar-refractivity contribution in [3.63, 3.8) is 0 Å². The molecule has 0 amide bonds. The van der Waals surface area contributed by atoms with Crippen LogP contribution in [0.1, 0.15) is 18.0 Å². The SMILES string of the molecule is N[C@H](CCO)c1ccccc1Sc1ccc(Cl)cc1. The lowest BCUT2D eigenvalue weighted by atomic mass is 10.1. The largest absolute Gasteiger partial charge is 0.396 e. The maximum atomic E-state index is 9.01. The number of aliphatic hydroxyl groups is 1. The molecule has 0 saturated carbocycles. The number of nitrogens with two attached hydrogens (primary N) is 1. The first-order valence-electron chi connectivity index (χ1n) is 6.09. The van der Waals surface area contributed by atoms with Gasteiger partial charge in [0, 0.05) is 27.5 Å². The number of hydrogen-bond donors (Lipinski definition) is 2. The maximum Gasteiger partial charge on any atom is 0.0449 e. The molecule has 19 heavy (non-hydrogen) atoms. The molecule has 100 valence electrons. The van der Waals surface area contributed by atoms with Crippen LogP contribution in [0, 0.1) is 0 Å². The first-order valence-corrected chi connectivity index (χ1v) is 7.29. The minimum absolute atomic E-state index is 0.0983. The molecule has 0 saturated heterocycles. The molecule has 0 aliphatic carbocycles. The predicted octanol–water partition coefficient (Wildman–Crippen LogP) is 3.87. The van der Waals surface area contributed by atoms with Crippen LogP contribution in [0.25, 0.3) is 0 Å². The highest BCUT2D eigenvalue weighted by molar-refractivity contribution is 7.99. The van der Waals surface area contributed by atoms with Crippen molar-refractivity contribution < 1.29 is 5.11 Å². The van der Waals surface area contributed by atoms with Crippen LogP contribution in [0.5, 0.6) is 0 Å². The molecule has 0 heterocycles. The Bertz CT molecular complexity index is 530. The predicted molar refractivity (Wildman–Crippen MR) is 80.6 cm³/mol. The van der Waals surface area contributed by atoms with Gasteiger partial charge in [-0.3, -0.25) is 0 Å². The molecular weight excluding hydrogens is 278 g/mol. The zero-order valence-corrected chi connectivity index (χ0v) is 12.0. The molecule has 0 aromatic heterocycles. The number of benzene rings is 2. The van der Waals surface area contributed by atoms with Gasteiger partial charge in [-0.15, -0.1) is 0 Å². The Morgan fingerprint density at radius 3 is 2.47 bits per heavy atom. The smallest absolute Gasteiger partial charge is 0.0449 e. The summed E-state index contributed by atoms with van der Waals surface area (Å²) in [6.07, 6.45) is 0.568. The van der Waals surface area contributed by atoms with Crippen LogP contribution in [-0.4, -0.2) is 11.7 Å². The molecule has 2 nitrogen and oxygen atoms in total. The van der Waals surface area contributed by atoms with Crippen molar-refractivity contribution in [3.05, 3.63) is 59.1 Å². The van der Waals surface area contributed by atoms with Gasteiger partial charge in [-0.1, -0.05) is 41.6 Å². The van der Waals surface area contributed by atoms with E-state index in [4.69, 9.17) is 22.4 Å². The second-order valence-corrected chi connectivity index (χ2v) is 5.76. The maximum absolute atomic E-state index is 9.01. The lowest BCUT2D eigenvalue weighted by molar-refractivity contribution is 0.276. The van der Waals surface area contributed by atoms with E-state index in [1.54, 1.807) is 11.8 Å². The molecular formula is C15H16ClNOS. The fourth-order valence-corrected chi connectivity index (χ4v) is 2.94. The minimum Gasteiger partial charge on any atom is -0.396 e. The van der Waals surface area contributed by atoms with E-state index < -0.39 is 0 Å². The summed E-state index contributed by atoms with van der Waals surface area (Å²) in [4.78, 5) is 2.24. The molecule has 0 aliphatic heterocycles. The standard InChI is InChI=1S/C15H16ClNOS/c16-11-5-7-12(8-6-11)19-15-4-2-1-3-13(15)14(17)9-10-18/h1-8,14,18H,9-10,17H2/t14-/m1/s1. The Hall–Kier alpha value is -1.00. The molecule has 2 aromatic rings. The van der Waals surface area contributed by atoms with Crippen LogP contribution in [0.2, 0.25) is 5.02 Å². The average Bonchev–Trinajstić information content (AvgIpc) is 2.42. The summed E-state index contributed by atoms with van der Waals surface area (Å²) in [6.45, 7) is 0.0983. The Kier molecular flexibility index (Phi) is 5.28. The summed E-state index contributed by atoms with van der Waals surface area (Å²) >= 11 is 7.54. The van der Waals surface area contributed by atoms with Crippen molar-refractivity contribution in [3.8, 4) is 0 Å². The third kappa shape index (κ3) is 3.98. The van der Waals surface area contributed by atoms with E-state index in [0.717, 1.165) is 20.4 Å². The topological polar surface area (TPSA) is 46.2 Å². The van der Waals surface area contributed by atoms with Crippen molar-refractivity contribution in [2.75, 3.05) is 6.61 Å². The molecule has 3 N–H and O–H groups in total. The minimum atomic E-state index is -0.138. The quantitative estimate of drug-likeness (QED) is 0.879. The van der Waals surface area contributed by atoms with E-state index in [1.807, 2.05) is 48.5 Å². The van der Waals surface area contributed by atoms with Gasteiger partial charge in [-0.2, -0.15) is 0 Å². The van der Waals surface area contributed by atoms with Gasteiger partial charge >= 0.3 is 0 Å². The fourth-order valence-electron chi connectivity index (χ4n) is 1.80. The first-order chi connectivity index (χ1) is 9.20. The van der Waals surface area contributed by atoms with Crippen LogP contribution in [0.3, 0.4) is 0 Å². The van der Waals surface area contributed by atoms with Crippen molar-refractivity contribution in [1.29, 1.82) is 0 Å². The Balaban J connectivity index is 2.22. The Morgan fingerprint density at radius 2 is 1.79 bits per heavy atom. The molecule has 0 unspecified atom stereocenters. The van der Waals surface area contributed by atoms with Gasteiger partial charge < -0.3 is 10.8 Å². The molecule has 0 aliphatic rings. The molecule has 0 spiro atoms. The molecule has 0 bridgehead atoms. The lowest BCUT2D eigenvalue weighted by Gasteiger charge is -2.15. The number of halogens is 1. The van der Waals surface area contributed by atoms with Crippen LogP contribution in [-0.2, 0) is 0 Å². The van der Waals surface area contributed by atoms with Gasteiger partial charge in [0.2, 0.25) is 0 Å². The highest BCUT2D eigenvalue weighted by Gasteiger charge is 2.11. The molecule has 2 rings (SSSR count). The van der Waals surface area contributed by atoms with Crippen LogP contribution in [0.4, 0.5) is 0 Å². The first kappa shape index (κ1) is 14.4. The Morgan fingerprint density at radius 1 is 1.11 bits per heavy atom. The van der Waals surface area contributed by atoms with Crippen molar-refractivity contribution in [2.24, 2.45) is 5.73 Å². The van der Waals surface area contributed by atoms with Crippen molar-refractivity contribution in [2.45, 2.75) is 22.3 Å². The number of rotatable bonds is 5. The van der Waals surface area contributed by atoms with E-state index >= 15 is 0 Å². The van der Waals surface area contributed by atoms with E-state index in [0.29, 0.717) is 6.42 Å². The highest BCUT2D eigenvalue weighted by atomic mass is 35.5. The normalized spacial score (nSPS) is 12.4. The van der Waals surface area contributed by atoms with Crippen molar-refractivity contribution >= 4 is 23.4 Å². The molecule has 0 radical (unpaired) electrons. The van der Waals surface area contributed by atoms with E-state index in [1.165, 1.54) is 0 Å². The van der Waals surface area contributed by atoms with Crippen LogP contribution < -0.4 is 5.73 Å². The third-order valence-corrected chi connectivity index (χ3v) is 4.15. The summed E-state index contributed by atoms with van der Waals surface area (Å²) in [7, 11) is 0. The zero-order chi connectivity index (χ0) is 13.7. The summed E-state index contributed by atoms with van der Waals surface area (Å²) in [5.74, 6) is 0. The van der Waals surface area contributed by atoms with Gasteiger partial charge in [0.25, 0.3) is 0 Å². The fraction of sp³-hybridized carbons (Fsp3) is 0.200. The second kappa shape index (κ2) is 6.96.